The highest BCUT2D eigenvalue weighted by molar-refractivity contribution is 6.37. The standard InChI is InChI=1S/C56H34N2/c1-2-11-39-32-43(27-26-35(39)10-1)57(41-28-30-42(31-29-41)58-51-20-5-3-15-45(51)46-16-4-6-21-52(46)58)44-33-40-25-24-38-13-8-18-48-47-17-7-12-36-22-23-37-14-9-19-49(55(37)53(36)47)50(34-44)56(40)54(38)48/h1-34H. The molecule has 1 aromatic heterocycles. The lowest BCUT2D eigenvalue weighted by molar-refractivity contribution is 1.17. The van der Waals surface area contributed by atoms with Crippen LogP contribution in [0.3, 0.4) is 0 Å². The van der Waals surface area contributed by atoms with Crippen molar-refractivity contribution in [3.8, 4) is 5.69 Å². The van der Waals surface area contributed by atoms with Gasteiger partial charge in [-0.1, -0.05) is 146 Å². The Kier molecular flexibility index (Phi) is 6.47. The van der Waals surface area contributed by atoms with Crippen LogP contribution in [-0.4, -0.2) is 4.57 Å². The van der Waals surface area contributed by atoms with Gasteiger partial charge in [0.25, 0.3) is 0 Å². The van der Waals surface area contributed by atoms with E-state index in [0.717, 1.165) is 22.7 Å². The monoisotopic (exact) mass is 734 g/mol. The molecule has 0 aliphatic heterocycles. The first-order chi connectivity index (χ1) is 28.8. The third-order valence-electron chi connectivity index (χ3n) is 12.6. The molecule has 0 N–H and O–H groups in total. The van der Waals surface area contributed by atoms with Gasteiger partial charge in [0, 0.05) is 33.5 Å². The van der Waals surface area contributed by atoms with Gasteiger partial charge in [-0.3, -0.25) is 0 Å². The highest BCUT2D eigenvalue weighted by Gasteiger charge is 2.20. The molecule has 58 heavy (non-hydrogen) atoms. The van der Waals surface area contributed by atoms with Crippen LogP contribution >= 0.6 is 0 Å². The van der Waals surface area contributed by atoms with E-state index < -0.39 is 0 Å². The minimum atomic E-state index is 1.10. The van der Waals surface area contributed by atoms with Gasteiger partial charge in [-0.25, -0.2) is 0 Å². The van der Waals surface area contributed by atoms with Crippen molar-refractivity contribution in [3.05, 3.63) is 206 Å². The van der Waals surface area contributed by atoms with Crippen LogP contribution in [0.2, 0.25) is 0 Å². The van der Waals surface area contributed by atoms with Crippen molar-refractivity contribution in [2.45, 2.75) is 0 Å². The topological polar surface area (TPSA) is 8.17 Å². The summed E-state index contributed by atoms with van der Waals surface area (Å²) in [5.74, 6) is 0. The second-order valence-corrected chi connectivity index (χ2v) is 15.7. The third-order valence-corrected chi connectivity index (χ3v) is 12.6. The Morgan fingerprint density at radius 2 is 0.690 bits per heavy atom. The third kappa shape index (κ3) is 4.43. The summed E-state index contributed by atoms with van der Waals surface area (Å²) in [5.41, 5.74) is 6.90. The predicted molar refractivity (Wildman–Crippen MR) is 249 cm³/mol. The summed E-state index contributed by atoms with van der Waals surface area (Å²) in [7, 11) is 0. The Morgan fingerprint density at radius 3 is 1.31 bits per heavy atom. The first kappa shape index (κ1) is 31.5. The van der Waals surface area contributed by atoms with Crippen molar-refractivity contribution in [3.63, 3.8) is 0 Å². The van der Waals surface area contributed by atoms with E-state index >= 15 is 0 Å². The maximum Gasteiger partial charge on any atom is 0.0541 e. The maximum atomic E-state index is 2.45. The molecular formula is C56H34N2. The van der Waals surface area contributed by atoms with Gasteiger partial charge in [0.15, 0.2) is 0 Å². The van der Waals surface area contributed by atoms with Gasteiger partial charge in [-0.15, -0.1) is 0 Å². The fourth-order valence-electron chi connectivity index (χ4n) is 10.1. The van der Waals surface area contributed by atoms with Crippen molar-refractivity contribution >= 4 is 114 Å². The average molecular weight is 735 g/mol. The van der Waals surface area contributed by atoms with Crippen LogP contribution in [0.25, 0.3) is 103 Å². The fraction of sp³-hybridized carbons (Fsp3) is 0. The normalized spacial score (nSPS) is 12.1. The smallest absolute Gasteiger partial charge is 0.0541 e. The zero-order valence-electron chi connectivity index (χ0n) is 31.5. The first-order valence-corrected chi connectivity index (χ1v) is 20.1. The summed E-state index contributed by atoms with van der Waals surface area (Å²) in [5, 5.41) is 20.3. The van der Waals surface area contributed by atoms with Crippen LogP contribution in [0.5, 0.6) is 0 Å². The van der Waals surface area contributed by atoms with Crippen molar-refractivity contribution in [1.82, 2.24) is 4.57 Å². The van der Waals surface area contributed by atoms with Crippen molar-refractivity contribution < 1.29 is 0 Å². The van der Waals surface area contributed by atoms with E-state index in [2.05, 4.69) is 216 Å². The molecule has 13 rings (SSSR count). The molecule has 1 heterocycles. The molecule has 0 saturated heterocycles. The van der Waals surface area contributed by atoms with Crippen molar-refractivity contribution in [2.24, 2.45) is 0 Å². The summed E-state index contributed by atoms with van der Waals surface area (Å²) < 4.78 is 2.39. The van der Waals surface area contributed by atoms with Gasteiger partial charge in [0.05, 0.1) is 11.0 Å². The molecule has 0 bridgehead atoms. The highest BCUT2D eigenvalue weighted by Crippen LogP contribution is 2.46. The molecule has 2 heteroatoms. The number of hydrogen-bond donors (Lipinski definition) is 0. The molecule has 0 saturated carbocycles. The summed E-state index contributed by atoms with van der Waals surface area (Å²) in [6, 6.07) is 76.6. The van der Waals surface area contributed by atoms with Gasteiger partial charge in [0.1, 0.15) is 0 Å². The largest absolute Gasteiger partial charge is 0.310 e. The molecule has 0 unspecified atom stereocenters. The number of anilines is 3. The second-order valence-electron chi connectivity index (χ2n) is 15.7. The van der Waals surface area contributed by atoms with Crippen molar-refractivity contribution in [2.75, 3.05) is 4.90 Å². The van der Waals surface area contributed by atoms with Gasteiger partial charge in [0.2, 0.25) is 0 Å². The van der Waals surface area contributed by atoms with Crippen LogP contribution < -0.4 is 4.90 Å². The molecule has 2 nitrogen and oxygen atoms in total. The number of hydrogen-bond acceptors (Lipinski definition) is 1. The average Bonchev–Trinajstić information content (AvgIpc) is 3.62. The molecule has 0 aliphatic carbocycles. The van der Waals surface area contributed by atoms with Crippen LogP contribution in [0.4, 0.5) is 17.1 Å². The van der Waals surface area contributed by atoms with Crippen molar-refractivity contribution in [1.29, 1.82) is 0 Å². The Labute approximate surface area is 334 Å². The van der Waals surface area contributed by atoms with Crippen LogP contribution in [-0.2, 0) is 0 Å². The minimum Gasteiger partial charge on any atom is -0.310 e. The molecule has 0 atom stereocenters. The summed E-state index contributed by atoms with van der Waals surface area (Å²) in [6.07, 6.45) is 0. The van der Waals surface area contributed by atoms with E-state index in [-0.39, 0.29) is 0 Å². The lowest BCUT2D eigenvalue weighted by Crippen LogP contribution is -2.10. The number of fused-ring (bicyclic) bond motifs is 6. The molecule has 13 aromatic rings. The SMILES string of the molecule is c1ccc2cc(N(c3ccc(-n4c5ccccc5c5ccccc54)cc3)c3cc4ccc5cccc6c7cccc8ccc9cccc(c(c3)c4c56)c9c87)ccc2c1. The van der Waals surface area contributed by atoms with E-state index in [1.807, 2.05) is 0 Å². The molecule has 0 radical (unpaired) electrons. The predicted octanol–water partition coefficient (Wildman–Crippen LogP) is 15.8. The molecule has 268 valence electrons. The summed E-state index contributed by atoms with van der Waals surface area (Å²) in [4.78, 5) is 2.45. The lowest BCUT2D eigenvalue weighted by atomic mass is 9.87. The van der Waals surface area contributed by atoms with Crippen LogP contribution in [0.15, 0.2) is 206 Å². The fourth-order valence-corrected chi connectivity index (χ4v) is 10.1. The van der Waals surface area contributed by atoms with Gasteiger partial charge in [-0.2, -0.15) is 0 Å². The van der Waals surface area contributed by atoms with Crippen LogP contribution in [0.1, 0.15) is 0 Å². The highest BCUT2D eigenvalue weighted by atomic mass is 15.1. The lowest BCUT2D eigenvalue weighted by Gasteiger charge is -2.27. The van der Waals surface area contributed by atoms with Gasteiger partial charge in [-0.05, 0) is 136 Å². The summed E-state index contributed by atoms with van der Waals surface area (Å²) in [6.45, 7) is 0. The number of rotatable bonds is 4. The van der Waals surface area contributed by atoms with E-state index in [1.54, 1.807) is 0 Å². The Morgan fingerprint density at radius 1 is 0.259 bits per heavy atom. The van der Waals surface area contributed by atoms with E-state index in [9.17, 15) is 0 Å². The number of aromatic nitrogens is 1. The number of para-hydroxylation sites is 2. The second kappa shape index (κ2) is 11.9. The van der Waals surface area contributed by atoms with E-state index in [0.29, 0.717) is 0 Å². The molecule has 0 amide bonds. The van der Waals surface area contributed by atoms with Crippen LogP contribution in [0, 0.1) is 0 Å². The molecule has 0 aliphatic rings. The van der Waals surface area contributed by atoms with Gasteiger partial charge >= 0.3 is 0 Å². The zero-order chi connectivity index (χ0) is 37.9. The summed E-state index contributed by atoms with van der Waals surface area (Å²) >= 11 is 0. The number of nitrogens with zero attached hydrogens (tertiary/aromatic N) is 2. The first-order valence-electron chi connectivity index (χ1n) is 20.1. The zero-order valence-corrected chi connectivity index (χ0v) is 31.5. The quantitative estimate of drug-likeness (QED) is 0.163. The van der Waals surface area contributed by atoms with Gasteiger partial charge < -0.3 is 9.47 Å². The Balaban J connectivity index is 1.12. The maximum absolute atomic E-state index is 2.45. The molecule has 0 spiro atoms. The Bertz CT molecular complexity index is 3740. The number of benzene rings is 11. The van der Waals surface area contributed by atoms with E-state index in [1.165, 1.54) is 97.2 Å². The van der Waals surface area contributed by atoms with E-state index in [4.69, 9.17) is 0 Å². The minimum absolute atomic E-state index is 1.10. The molecule has 0 fully saturated rings. The Hall–Kier alpha value is -7.68. The molecule has 12 aromatic carbocycles. The molecular weight excluding hydrogens is 701 g/mol.